The number of aliphatic imine (C=N–C) groups is 1. The highest BCUT2D eigenvalue weighted by Gasteiger charge is 2.15. The number of ether oxygens (including phenoxy) is 1. The van der Waals surface area contributed by atoms with Crippen molar-refractivity contribution in [2.24, 2.45) is 10.8 Å². The van der Waals surface area contributed by atoms with E-state index >= 15 is 0 Å². The number of methoxy groups -OCH3 is 1. The normalized spacial score (nSPS) is 13.7. The van der Waals surface area contributed by atoms with Gasteiger partial charge in [0.15, 0.2) is 0 Å². The van der Waals surface area contributed by atoms with Crippen LogP contribution in [0.2, 0.25) is 0 Å². The van der Waals surface area contributed by atoms with E-state index < -0.39 is 0 Å². The predicted octanol–water partition coefficient (Wildman–Crippen LogP) is 1.26. The zero-order chi connectivity index (χ0) is 11.1. The van der Waals surface area contributed by atoms with Gasteiger partial charge in [0.1, 0.15) is 11.9 Å². The summed E-state index contributed by atoms with van der Waals surface area (Å²) < 4.78 is 5.37. The van der Waals surface area contributed by atoms with Crippen LogP contribution in [-0.4, -0.2) is 19.5 Å². The Morgan fingerprint density at radius 3 is 2.60 bits per heavy atom. The molecule has 0 spiro atoms. The van der Waals surface area contributed by atoms with Crippen molar-refractivity contribution in [2.45, 2.75) is 13.0 Å². The molecule has 4 heteroatoms. The molecular formula is C11H17N3O. The largest absolute Gasteiger partial charge is 0.369 e. The Bertz CT molecular complexity index is 311. The lowest BCUT2D eigenvalue weighted by Crippen LogP contribution is -2.36. The maximum absolute atomic E-state index is 5.41. The van der Waals surface area contributed by atoms with Crippen molar-refractivity contribution in [2.75, 3.05) is 13.7 Å². The van der Waals surface area contributed by atoms with Gasteiger partial charge >= 0.3 is 0 Å². The average molecular weight is 207 g/mol. The minimum absolute atomic E-state index is 0.226. The number of hydrazine groups is 1. The van der Waals surface area contributed by atoms with Gasteiger partial charge < -0.3 is 10.2 Å². The zero-order valence-electron chi connectivity index (χ0n) is 9.10. The molecule has 1 aromatic carbocycles. The molecule has 0 aliphatic carbocycles. The lowest BCUT2D eigenvalue weighted by Gasteiger charge is -2.17. The molecule has 0 aromatic heterocycles. The summed E-state index contributed by atoms with van der Waals surface area (Å²) >= 11 is 0. The van der Waals surface area contributed by atoms with Crippen molar-refractivity contribution in [3.05, 3.63) is 35.9 Å². The molecule has 0 heterocycles. The maximum atomic E-state index is 5.41. The molecule has 82 valence electrons. The highest BCUT2D eigenvalue weighted by atomic mass is 16.5. The summed E-state index contributed by atoms with van der Waals surface area (Å²) in [4.78, 5) is 4.25. The minimum atomic E-state index is -0.226. The van der Waals surface area contributed by atoms with Crippen LogP contribution in [0.1, 0.15) is 18.6 Å². The fourth-order valence-corrected chi connectivity index (χ4v) is 1.41. The van der Waals surface area contributed by atoms with Crippen LogP contribution in [0.5, 0.6) is 0 Å². The topological polar surface area (TPSA) is 59.6 Å². The minimum Gasteiger partial charge on any atom is -0.369 e. The van der Waals surface area contributed by atoms with E-state index in [1.54, 1.807) is 7.11 Å². The highest BCUT2D eigenvalue weighted by molar-refractivity contribution is 5.87. The Balaban J connectivity index is 2.93. The molecule has 0 amide bonds. The van der Waals surface area contributed by atoms with E-state index in [9.17, 15) is 0 Å². The Morgan fingerprint density at radius 2 is 2.13 bits per heavy atom. The van der Waals surface area contributed by atoms with Gasteiger partial charge in [-0.3, -0.25) is 4.99 Å². The third-order valence-corrected chi connectivity index (χ3v) is 2.06. The van der Waals surface area contributed by atoms with Gasteiger partial charge in [0.2, 0.25) is 0 Å². The molecule has 0 radical (unpaired) electrons. The van der Waals surface area contributed by atoms with E-state index in [1.807, 2.05) is 37.3 Å². The van der Waals surface area contributed by atoms with Gasteiger partial charge in [0.25, 0.3) is 0 Å². The van der Waals surface area contributed by atoms with Crippen LogP contribution in [0.15, 0.2) is 35.3 Å². The van der Waals surface area contributed by atoms with Crippen LogP contribution in [0.4, 0.5) is 0 Å². The smallest absolute Gasteiger partial charge is 0.145 e. The summed E-state index contributed by atoms with van der Waals surface area (Å²) in [5.41, 5.74) is 3.61. The number of nitrogens with zero attached hydrogens (tertiary/aromatic N) is 1. The molecule has 1 unspecified atom stereocenters. The van der Waals surface area contributed by atoms with Gasteiger partial charge in [-0.15, -0.1) is 0 Å². The van der Waals surface area contributed by atoms with Gasteiger partial charge in [-0.05, 0) is 12.5 Å². The SMILES string of the molecule is CCN=C(NN)C(OC)c1ccccc1. The quantitative estimate of drug-likeness (QED) is 0.338. The van der Waals surface area contributed by atoms with Crippen molar-refractivity contribution >= 4 is 5.84 Å². The number of amidine groups is 1. The summed E-state index contributed by atoms with van der Waals surface area (Å²) in [6, 6.07) is 9.85. The molecule has 0 saturated carbocycles. The van der Waals surface area contributed by atoms with E-state index in [4.69, 9.17) is 10.6 Å². The average Bonchev–Trinajstić information content (AvgIpc) is 2.30. The van der Waals surface area contributed by atoms with E-state index in [0.717, 1.165) is 5.56 Å². The fraction of sp³-hybridized carbons (Fsp3) is 0.364. The molecule has 0 saturated heterocycles. The zero-order valence-corrected chi connectivity index (χ0v) is 9.10. The van der Waals surface area contributed by atoms with Crippen molar-refractivity contribution in [3.8, 4) is 0 Å². The monoisotopic (exact) mass is 207 g/mol. The first-order chi connectivity index (χ1) is 7.33. The lowest BCUT2D eigenvalue weighted by atomic mass is 10.1. The van der Waals surface area contributed by atoms with Crippen LogP contribution in [0.25, 0.3) is 0 Å². The molecule has 3 N–H and O–H groups in total. The second-order valence-electron chi connectivity index (χ2n) is 3.03. The molecule has 0 bridgehead atoms. The lowest BCUT2D eigenvalue weighted by molar-refractivity contribution is 0.154. The van der Waals surface area contributed by atoms with Crippen LogP contribution in [0, 0.1) is 0 Å². The number of nitrogens with two attached hydrogens (primary N) is 1. The summed E-state index contributed by atoms with van der Waals surface area (Å²) in [6.45, 7) is 2.63. The van der Waals surface area contributed by atoms with Crippen molar-refractivity contribution in [3.63, 3.8) is 0 Å². The van der Waals surface area contributed by atoms with E-state index in [1.165, 1.54) is 0 Å². The van der Waals surface area contributed by atoms with Gasteiger partial charge in [-0.25, -0.2) is 5.84 Å². The molecule has 0 aliphatic heterocycles. The Labute approximate surface area is 90.1 Å². The third-order valence-electron chi connectivity index (χ3n) is 2.06. The highest BCUT2D eigenvalue weighted by Crippen LogP contribution is 2.16. The summed E-state index contributed by atoms with van der Waals surface area (Å²) in [7, 11) is 1.64. The van der Waals surface area contributed by atoms with Gasteiger partial charge in [0, 0.05) is 13.7 Å². The summed E-state index contributed by atoms with van der Waals surface area (Å²) in [5, 5.41) is 0. The van der Waals surface area contributed by atoms with Crippen molar-refractivity contribution in [1.82, 2.24) is 5.43 Å². The summed E-state index contributed by atoms with van der Waals surface area (Å²) in [5.74, 6) is 6.06. The van der Waals surface area contributed by atoms with Crippen LogP contribution < -0.4 is 11.3 Å². The molecule has 1 atom stereocenters. The third kappa shape index (κ3) is 3.04. The van der Waals surface area contributed by atoms with Crippen LogP contribution in [0.3, 0.4) is 0 Å². The molecule has 1 aromatic rings. The fourth-order valence-electron chi connectivity index (χ4n) is 1.41. The number of benzene rings is 1. The first-order valence-electron chi connectivity index (χ1n) is 4.92. The molecule has 4 nitrogen and oxygen atoms in total. The number of rotatable bonds is 4. The van der Waals surface area contributed by atoms with E-state index in [2.05, 4.69) is 10.4 Å². The van der Waals surface area contributed by atoms with Crippen LogP contribution >= 0.6 is 0 Å². The van der Waals surface area contributed by atoms with E-state index in [0.29, 0.717) is 12.4 Å². The Kier molecular flexibility index (Phi) is 4.80. The van der Waals surface area contributed by atoms with E-state index in [-0.39, 0.29) is 6.10 Å². The molecule has 0 fully saturated rings. The Hall–Kier alpha value is -1.39. The van der Waals surface area contributed by atoms with Gasteiger partial charge in [-0.1, -0.05) is 30.3 Å². The first kappa shape index (κ1) is 11.7. The standard InChI is InChI=1S/C11H17N3O/c1-3-13-11(14-12)10(15-2)9-7-5-4-6-8-9/h4-8,10H,3,12H2,1-2H3,(H,13,14). The molecule has 15 heavy (non-hydrogen) atoms. The first-order valence-corrected chi connectivity index (χ1v) is 4.92. The second-order valence-corrected chi connectivity index (χ2v) is 3.03. The second kappa shape index (κ2) is 6.16. The number of hydrogen-bond acceptors (Lipinski definition) is 3. The Morgan fingerprint density at radius 1 is 1.47 bits per heavy atom. The van der Waals surface area contributed by atoms with Crippen LogP contribution in [-0.2, 0) is 4.74 Å². The number of nitrogens with one attached hydrogen (secondary N) is 1. The summed E-state index contributed by atoms with van der Waals surface area (Å²) in [6.07, 6.45) is -0.226. The van der Waals surface area contributed by atoms with Gasteiger partial charge in [-0.2, -0.15) is 0 Å². The predicted molar refractivity (Wildman–Crippen MR) is 61.5 cm³/mol. The molecular weight excluding hydrogens is 190 g/mol. The van der Waals surface area contributed by atoms with Crippen molar-refractivity contribution < 1.29 is 4.74 Å². The maximum Gasteiger partial charge on any atom is 0.145 e. The van der Waals surface area contributed by atoms with Crippen molar-refractivity contribution in [1.29, 1.82) is 0 Å². The number of hydrogen-bond donors (Lipinski definition) is 2. The molecule has 0 aliphatic rings. The molecule has 1 rings (SSSR count). The van der Waals surface area contributed by atoms with Gasteiger partial charge in [0.05, 0.1) is 0 Å².